The lowest BCUT2D eigenvalue weighted by molar-refractivity contribution is -0.118. The zero-order valence-corrected chi connectivity index (χ0v) is 20.5. The maximum Gasteiger partial charge on any atom is 0.260 e. The average molecular weight is 489 g/mol. The molecule has 2 N–H and O–H groups in total. The Bertz CT molecular complexity index is 1390. The fourth-order valence-corrected chi connectivity index (χ4v) is 4.95. The number of H-pyrrole nitrogens is 1. The molecule has 2 heterocycles. The standard InChI is InChI=1S/C26H24N4O2S2/c1-17(2)19-10-12-20(13-11-19)21-15-33-25-23(21)24(32)28-26(29-25)34-16-22(31)30-27-14-6-9-18-7-4-3-5-8-18/h3-15,17H,16H2,1-2H3,(H,30,31)(H,28,29,32)/b9-6+,27-14+. The van der Waals surface area contributed by atoms with Gasteiger partial charge in [-0.2, -0.15) is 5.10 Å². The molecule has 0 saturated carbocycles. The number of amides is 1. The van der Waals surface area contributed by atoms with Crippen molar-refractivity contribution in [1.29, 1.82) is 0 Å². The number of hydrogen-bond donors (Lipinski definition) is 2. The SMILES string of the molecule is CC(C)c1ccc(-c2csc3nc(SCC(=O)N/N=C/C=C/c4ccccc4)[nH]c(=O)c23)cc1. The summed E-state index contributed by atoms with van der Waals surface area (Å²) >= 11 is 2.59. The number of nitrogens with zero attached hydrogens (tertiary/aromatic N) is 2. The third-order valence-electron chi connectivity index (χ3n) is 5.09. The summed E-state index contributed by atoms with van der Waals surface area (Å²) in [5, 5.41) is 6.84. The summed E-state index contributed by atoms with van der Waals surface area (Å²) in [7, 11) is 0. The van der Waals surface area contributed by atoms with Crippen molar-refractivity contribution in [3.63, 3.8) is 0 Å². The van der Waals surface area contributed by atoms with Gasteiger partial charge in [0.25, 0.3) is 11.5 Å². The first kappa shape index (κ1) is 23.7. The zero-order chi connectivity index (χ0) is 23.9. The molecule has 2 aromatic carbocycles. The van der Waals surface area contributed by atoms with Gasteiger partial charge in [0.05, 0.1) is 11.1 Å². The number of hydrazone groups is 1. The van der Waals surface area contributed by atoms with Gasteiger partial charge >= 0.3 is 0 Å². The second kappa shape index (κ2) is 11.1. The Kier molecular flexibility index (Phi) is 7.72. The van der Waals surface area contributed by atoms with Gasteiger partial charge in [-0.3, -0.25) is 9.59 Å². The van der Waals surface area contributed by atoms with E-state index in [0.717, 1.165) is 28.5 Å². The number of thiophene rings is 1. The van der Waals surface area contributed by atoms with Gasteiger partial charge in [0, 0.05) is 17.2 Å². The molecule has 0 bridgehead atoms. The number of allylic oxidation sites excluding steroid dienone is 1. The van der Waals surface area contributed by atoms with E-state index in [1.165, 1.54) is 23.1 Å². The molecule has 0 radical (unpaired) electrons. The second-order valence-corrected chi connectivity index (χ2v) is 9.67. The van der Waals surface area contributed by atoms with Crippen LogP contribution in [0.3, 0.4) is 0 Å². The molecular weight excluding hydrogens is 464 g/mol. The summed E-state index contributed by atoms with van der Waals surface area (Å²) in [6.07, 6.45) is 5.16. The Morgan fingerprint density at radius 1 is 1.18 bits per heavy atom. The quantitative estimate of drug-likeness (QED) is 0.145. The number of hydrogen-bond acceptors (Lipinski definition) is 6. The first-order valence-electron chi connectivity index (χ1n) is 10.8. The van der Waals surface area contributed by atoms with Crippen molar-refractivity contribution >= 4 is 51.5 Å². The summed E-state index contributed by atoms with van der Waals surface area (Å²) in [5.41, 5.74) is 6.42. The molecule has 0 aliphatic heterocycles. The van der Waals surface area contributed by atoms with Gasteiger partial charge in [0.1, 0.15) is 4.83 Å². The Labute approximate surface area is 205 Å². The Morgan fingerprint density at radius 3 is 2.68 bits per heavy atom. The highest BCUT2D eigenvalue weighted by Crippen LogP contribution is 2.32. The van der Waals surface area contributed by atoms with E-state index < -0.39 is 0 Å². The average Bonchev–Trinajstić information content (AvgIpc) is 3.28. The minimum atomic E-state index is -0.283. The smallest absolute Gasteiger partial charge is 0.260 e. The van der Waals surface area contributed by atoms with Crippen LogP contribution in [0.2, 0.25) is 0 Å². The molecule has 6 nitrogen and oxygen atoms in total. The lowest BCUT2D eigenvalue weighted by Gasteiger charge is -2.06. The van der Waals surface area contributed by atoms with E-state index in [2.05, 4.69) is 46.5 Å². The normalized spacial score (nSPS) is 11.7. The molecule has 172 valence electrons. The molecule has 0 aliphatic rings. The molecule has 0 aliphatic carbocycles. The Hall–Kier alpha value is -3.49. The molecule has 34 heavy (non-hydrogen) atoms. The first-order valence-corrected chi connectivity index (χ1v) is 12.7. The van der Waals surface area contributed by atoms with Crippen LogP contribution in [0.5, 0.6) is 0 Å². The largest absolute Gasteiger partial charge is 0.301 e. The fourth-order valence-electron chi connectivity index (χ4n) is 3.29. The van der Waals surface area contributed by atoms with Crippen molar-refractivity contribution in [3.8, 4) is 11.1 Å². The van der Waals surface area contributed by atoms with Crippen molar-refractivity contribution in [2.75, 3.05) is 5.75 Å². The van der Waals surface area contributed by atoms with Crippen LogP contribution in [0.4, 0.5) is 0 Å². The minimum Gasteiger partial charge on any atom is -0.301 e. The van der Waals surface area contributed by atoms with Crippen LogP contribution in [-0.2, 0) is 4.79 Å². The number of benzene rings is 2. The topological polar surface area (TPSA) is 87.2 Å². The van der Waals surface area contributed by atoms with Gasteiger partial charge in [0.2, 0.25) is 0 Å². The number of carbonyl (C=O) groups excluding carboxylic acids is 1. The summed E-state index contributed by atoms with van der Waals surface area (Å²) in [5.74, 6) is 0.254. The maximum absolute atomic E-state index is 12.8. The van der Waals surface area contributed by atoms with Crippen molar-refractivity contribution in [1.82, 2.24) is 15.4 Å². The van der Waals surface area contributed by atoms with Gasteiger partial charge in [-0.1, -0.05) is 86.3 Å². The van der Waals surface area contributed by atoms with E-state index in [9.17, 15) is 9.59 Å². The van der Waals surface area contributed by atoms with E-state index in [1.807, 2.05) is 53.9 Å². The molecule has 0 atom stereocenters. The second-order valence-electron chi connectivity index (χ2n) is 7.85. The summed E-state index contributed by atoms with van der Waals surface area (Å²) in [4.78, 5) is 32.9. The number of carbonyl (C=O) groups is 1. The molecular formula is C26H24N4O2S2. The highest BCUT2D eigenvalue weighted by molar-refractivity contribution is 7.99. The van der Waals surface area contributed by atoms with E-state index in [0.29, 0.717) is 21.3 Å². The van der Waals surface area contributed by atoms with Crippen LogP contribution in [0.1, 0.15) is 30.9 Å². The van der Waals surface area contributed by atoms with Crippen LogP contribution in [0.15, 0.2) is 81.1 Å². The van der Waals surface area contributed by atoms with Gasteiger partial charge in [-0.05, 0) is 28.7 Å². The number of rotatable bonds is 8. The number of thioether (sulfide) groups is 1. The van der Waals surface area contributed by atoms with Gasteiger partial charge in [-0.25, -0.2) is 10.4 Å². The number of nitrogens with one attached hydrogen (secondary N) is 2. The van der Waals surface area contributed by atoms with Crippen LogP contribution in [-0.4, -0.2) is 27.8 Å². The van der Waals surface area contributed by atoms with Crippen molar-refractivity contribution in [3.05, 3.63) is 87.5 Å². The molecule has 0 fully saturated rings. The molecule has 2 aromatic heterocycles. The van der Waals surface area contributed by atoms with Gasteiger partial charge in [0.15, 0.2) is 5.16 Å². The van der Waals surface area contributed by atoms with E-state index >= 15 is 0 Å². The lowest BCUT2D eigenvalue weighted by Crippen LogP contribution is -2.20. The highest BCUT2D eigenvalue weighted by Gasteiger charge is 2.14. The van der Waals surface area contributed by atoms with Crippen molar-refractivity contribution < 1.29 is 4.79 Å². The molecule has 0 unspecified atom stereocenters. The molecule has 0 saturated heterocycles. The first-order chi connectivity index (χ1) is 16.5. The molecule has 8 heteroatoms. The van der Waals surface area contributed by atoms with Crippen LogP contribution in [0, 0.1) is 0 Å². The molecule has 4 aromatic rings. The Balaban J connectivity index is 1.37. The summed E-state index contributed by atoms with van der Waals surface area (Å²) < 4.78 is 0. The number of aromatic amines is 1. The minimum absolute atomic E-state index is 0.0864. The zero-order valence-electron chi connectivity index (χ0n) is 18.8. The van der Waals surface area contributed by atoms with Gasteiger partial charge < -0.3 is 4.98 Å². The number of aromatic nitrogens is 2. The molecule has 1 amide bonds. The predicted molar refractivity (Wildman–Crippen MR) is 143 cm³/mol. The highest BCUT2D eigenvalue weighted by atomic mass is 32.2. The van der Waals surface area contributed by atoms with Crippen molar-refractivity contribution in [2.45, 2.75) is 24.9 Å². The fraction of sp³-hybridized carbons (Fsp3) is 0.154. The van der Waals surface area contributed by atoms with Gasteiger partial charge in [-0.15, -0.1) is 11.3 Å². The van der Waals surface area contributed by atoms with Crippen LogP contribution < -0.4 is 11.0 Å². The van der Waals surface area contributed by atoms with E-state index in [4.69, 9.17) is 0 Å². The summed E-state index contributed by atoms with van der Waals surface area (Å²) in [6.45, 7) is 4.30. The monoisotopic (exact) mass is 488 g/mol. The molecule has 0 spiro atoms. The van der Waals surface area contributed by atoms with Crippen molar-refractivity contribution in [2.24, 2.45) is 5.10 Å². The lowest BCUT2D eigenvalue weighted by atomic mass is 9.99. The third kappa shape index (κ3) is 5.89. The Morgan fingerprint density at radius 2 is 1.94 bits per heavy atom. The third-order valence-corrected chi connectivity index (χ3v) is 6.83. The van der Waals surface area contributed by atoms with Crippen LogP contribution >= 0.6 is 23.1 Å². The van der Waals surface area contributed by atoms with Crippen LogP contribution in [0.25, 0.3) is 27.4 Å². The van der Waals surface area contributed by atoms with E-state index in [1.54, 1.807) is 6.08 Å². The summed E-state index contributed by atoms with van der Waals surface area (Å²) in [6, 6.07) is 18.1. The number of fused-ring (bicyclic) bond motifs is 1. The maximum atomic E-state index is 12.8. The predicted octanol–water partition coefficient (Wildman–Crippen LogP) is 5.68. The van der Waals surface area contributed by atoms with E-state index in [-0.39, 0.29) is 17.2 Å². The molecule has 4 rings (SSSR count).